The van der Waals surface area contributed by atoms with E-state index in [1.165, 1.54) is 23.5 Å². The fraction of sp³-hybridized carbons (Fsp3) is 0.429. The normalized spacial score (nSPS) is 15.7. The van der Waals surface area contributed by atoms with Crippen LogP contribution in [0.2, 0.25) is 0 Å². The molecule has 1 aliphatic rings. The molecule has 0 radical (unpaired) electrons. The van der Waals surface area contributed by atoms with Crippen LogP contribution in [0.3, 0.4) is 0 Å². The minimum atomic E-state index is -4.44. The number of thiophene rings is 1. The molecule has 3 aromatic rings. The fourth-order valence-corrected chi connectivity index (χ4v) is 6.58. The van der Waals surface area contributed by atoms with Gasteiger partial charge in [-0.1, -0.05) is 24.0 Å². The van der Waals surface area contributed by atoms with Crippen molar-refractivity contribution in [3.63, 3.8) is 0 Å². The molecule has 1 aliphatic heterocycles. The molecule has 42 heavy (non-hydrogen) atoms. The summed E-state index contributed by atoms with van der Waals surface area (Å²) in [5, 5.41) is 21.6. The highest BCUT2D eigenvalue weighted by Crippen LogP contribution is 2.39. The Kier molecular flexibility index (Phi) is 10.2. The van der Waals surface area contributed by atoms with Crippen LogP contribution in [0.1, 0.15) is 30.2 Å². The number of nitrogens with one attached hydrogen (secondary N) is 2. The summed E-state index contributed by atoms with van der Waals surface area (Å²) in [6.45, 7) is 2.74. The molecule has 14 heteroatoms. The number of alkyl halides is 4. The Balaban J connectivity index is 1.55. The van der Waals surface area contributed by atoms with Gasteiger partial charge in [-0.05, 0) is 48.9 Å². The Morgan fingerprint density at radius 1 is 1.21 bits per heavy atom. The summed E-state index contributed by atoms with van der Waals surface area (Å²) < 4.78 is 82.3. The molecule has 0 saturated carbocycles. The summed E-state index contributed by atoms with van der Waals surface area (Å²) >= 11 is 1.19. The standard InChI is InChI=1S/C28H32F4N4O4S2/c1-18(37)16-36-12-9-19(10-13-36)35-24-5-2-4-21-22(15-28(30,31)32)26(41-27(21)24)6-3-11-34-23-8-7-20(42(33,38)39)14-25(23)40-17-29/h2,4-5,7-8,14,18-19,34-35,37H,9-13,15-17H2,1H3,(H2,33,38,39). The topological polar surface area (TPSA) is 117 Å². The third kappa shape index (κ3) is 8.48. The lowest BCUT2D eigenvalue weighted by Gasteiger charge is -2.33. The number of β-amino-alcohol motifs (C(OH)–C–C–N with tert-alkyl or cyclic N) is 1. The highest BCUT2D eigenvalue weighted by Gasteiger charge is 2.31. The van der Waals surface area contributed by atoms with Crippen LogP contribution in [0.15, 0.2) is 41.3 Å². The van der Waals surface area contributed by atoms with Crippen LogP contribution in [-0.2, 0) is 16.4 Å². The van der Waals surface area contributed by atoms with Gasteiger partial charge in [0.05, 0.1) is 44.9 Å². The van der Waals surface area contributed by atoms with Crippen LogP contribution in [0, 0.1) is 11.8 Å². The van der Waals surface area contributed by atoms with E-state index in [0.29, 0.717) is 16.6 Å². The molecular weight excluding hydrogens is 596 g/mol. The van der Waals surface area contributed by atoms with E-state index in [-0.39, 0.29) is 39.4 Å². The minimum Gasteiger partial charge on any atom is -0.461 e. The first-order chi connectivity index (χ1) is 19.8. The Morgan fingerprint density at radius 2 is 1.95 bits per heavy atom. The maximum Gasteiger partial charge on any atom is 0.393 e. The molecule has 0 spiro atoms. The van der Waals surface area contributed by atoms with Crippen molar-refractivity contribution in [2.45, 2.75) is 49.4 Å². The van der Waals surface area contributed by atoms with Crippen molar-refractivity contribution in [3.05, 3.63) is 46.8 Å². The second-order valence-corrected chi connectivity index (χ2v) is 12.6. The summed E-state index contributed by atoms with van der Waals surface area (Å²) in [5.74, 6) is 5.57. The van der Waals surface area contributed by atoms with E-state index in [2.05, 4.69) is 27.4 Å². The van der Waals surface area contributed by atoms with Crippen molar-refractivity contribution in [2.24, 2.45) is 5.14 Å². The Morgan fingerprint density at radius 3 is 2.60 bits per heavy atom. The van der Waals surface area contributed by atoms with Crippen LogP contribution in [0.5, 0.6) is 5.75 Å². The fourth-order valence-electron chi connectivity index (χ4n) is 4.88. The number of halogens is 4. The molecule has 228 valence electrons. The molecule has 1 atom stereocenters. The maximum absolute atomic E-state index is 13.6. The SMILES string of the molecule is CC(O)CN1CCC(Nc2cccc3c(CC(F)(F)F)c(C#CCNc4ccc(S(N)(=O)=O)cc4OCF)sc23)CC1. The summed E-state index contributed by atoms with van der Waals surface area (Å²) in [4.78, 5) is 2.22. The van der Waals surface area contributed by atoms with Crippen LogP contribution in [0.4, 0.5) is 28.9 Å². The predicted octanol–water partition coefficient (Wildman–Crippen LogP) is 4.68. The first-order valence-corrected chi connectivity index (χ1v) is 15.6. The van der Waals surface area contributed by atoms with E-state index in [0.717, 1.165) is 37.7 Å². The van der Waals surface area contributed by atoms with Crippen molar-refractivity contribution < 1.29 is 35.8 Å². The van der Waals surface area contributed by atoms with Crippen molar-refractivity contribution in [1.82, 2.24) is 4.90 Å². The van der Waals surface area contributed by atoms with Gasteiger partial charge in [0.2, 0.25) is 16.9 Å². The van der Waals surface area contributed by atoms with E-state index in [9.17, 15) is 31.1 Å². The lowest BCUT2D eigenvalue weighted by atomic mass is 10.0. The maximum atomic E-state index is 13.6. The number of fused-ring (bicyclic) bond motifs is 1. The summed E-state index contributed by atoms with van der Waals surface area (Å²) in [6.07, 6.45) is -4.29. The zero-order chi connectivity index (χ0) is 30.5. The molecule has 4 rings (SSSR count). The van der Waals surface area contributed by atoms with Gasteiger partial charge in [-0.25, -0.2) is 17.9 Å². The second kappa shape index (κ2) is 13.5. The average Bonchev–Trinajstić information content (AvgIpc) is 3.24. The molecule has 0 amide bonds. The van der Waals surface area contributed by atoms with Crippen molar-refractivity contribution in [3.8, 4) is 17.6 Å². The predicted molar refractivity (Wildman–Crippen MR) is 156 cm³/mol. The molecule has 2 aromatic carbocycles. The van der Waals surface area contributed by atoms with Gasteiger partial charge >= 0.3 is 6.18 Å². The van der Waals surface area contributed by atoms with Gasteiger partial charge in [-0.3, -0.25) is 0 Å². The molecule has 1 unspecified atom stereocenters. The van der Waals surface area contributed by atoms with Gasteiger partial charge in [-0.15, -0.1) is 11.3 Å². The number of primary sulfonamides is 1. The zero-order valence-electron chi connectivity index (χ0n) is 22.8. The number of ether oxygens (including phenoxy) is 1. The first kappa shape index (κ1) is 31.8. The van der Waals surface area contributed by atoms with Crippen molar-refractivity contribution >= 4 is 42.8 Å². The number of nitrogens with zero attached hydrogens (tertiary/aromatic N) is 1. The highest BCUT2D eigenvalue weighted by molar-refractivity contribution is 7.89. The monoisotopic (exact) mass is 628 g/mol. The van der Waals surface area contributed by atoms with Gasteiger partial charge in [0, 0.05) is 31.7 Å². The number of aliphatic hydroxyl groups excluding tert-OH is 1. The van der Waals surface area contributed by atoms with Crippen LogP contribution < -0.4 is 20.5 Å². The third-order valence-corrected chi connectivity index (χ3v) is 8.83. The molecule has 5 N–H and O–H groups in total. The van der Waals surface area contributed by atoms with E-state index < -0.39 is 35.6 Å². The first-order valence-electron chi connectivity index (χ1n) is 13.2. The van der Waals surface area contributed by atoms with E-state index in [1.54, 1.807) is 19.1 Å². The van der Waals surface area contributed by atoms with Crippen LogP contribution in [-0.4, -0.2) is 69.8 Å². The van der Waals surface area contributed by atoms with Gasteiger partial charge in [0.15, 0.2) is 0 Å². The zero-order valence-corrected chi connectivity index (χ0v) is 24.4. The summed E-state index contributed by atoms with van der Waals surface area (Å²) in [5.41, 5.74) is 1.10. The van der Waals surface area contributed by atoms with Gasteiger partial charge in [0.25, 0.3) is 0 Å². The number of aliphatic hydroxyl groups is 1. The van der Waals surface area contributed by atoms with Gasteiger partial charge in [0.1, 0.15) is 5.75 Å². The molecule has 0 aliphatic carbocycles. The Bertz CT molecular complexity index is 1560. The molecule has 2 heterocycles. The molecule has 1 saturated heterocycles. The quantitative estimate of drug-likeness (QED) is 0.190. The number of nitrogens with two attached hydrogens (primary N) is 1. The summed E-state index contributed by atoms with van der Waals surface area (Å²) in [7, 11) is -4.04. The van der Waals surface area contributed by atoms with E-state index in [4.69, 9.17) is 9.88 Å². The number of anilines is 2. The number of likely N-dealkylation sites (tertiary alicyclic amines) is 1. The smallest absolute Gasteiger partial charge is 0.393 e. The average molecular weight is 629 g/mol. The molecule has 0 bridgehead atoms. The summed E-state index contributed by atoms with van der Waals surface area (Å²) in [6, 6.07) is 9.03. The lowest BCUT2D eigenvalue weighted by Crippen LogP contribution is -2.41. The lowest BCUT2D eigenvalue weighted by molar-refractivity contribution is -0.126. The Labute approximate surface area is 245 Å². The van der Waals surface area contributed by atoms with Gasteiger partial charge < -0.3 is 25.4 Å². The van der Waals surface area contributed by atoms with E-state index in [1.807, 2.05) is 6.07 Å². The van der Waals surface area contributed by atoms with Crippen molar-refractivity contribution in [1.29, 1.82) is 0 Å². The van der Waals surface area contributed by atoms with Crippen LogP contribution in [0.25, 0.3) is 10.1 Å². The third-order valence-electron chi connectivity index (χ3n) is 6.73. The number of sulfonamides is 1. The van der Waals surface area contributed by atoms with Crippen molar-refractivity contribution in [2.75, 3.05) is 43.7 Å². The highest BCUT2D eigenvalue weighted by atomic mass is 32.2. The number of hydrogen-bond acceptors (Lipinski definition) is 8. The Hall–Kier alpha value is -3.09. The largest absolute Gasteiger partial charge is 0.461 e. The number of rotatable bonds is 10. The van der Waals surface area contributed by atoms with Crippen LogP contribution >= 0.6 is 11.3 Å². The number of hydrogen-bond donors (Lipinski definition) is 4. The molecule has 1 aromatic heterocycles. The minimum absolute atomic E-state index is 0.0345. The molecule has 8 nitrogen and oxygen atoms in total. The molecular formula is C28H32F4N4O4S2. The molecule has 1 fully saturated rings. The number of benzene rings is 2. The second-order valence-electron chi connectivity index (χ2n) is 10.1. The number of piperidine rings is 1. The van der Waals surface area contributed by atoms with E-state index >= 15 is 0 Å². The van der Waals surface area contributed by atoms with Gasteiger partial charge in [-0.2, -0.15) is 13.2 Å².